The maximum Gasteiger partial charge on any atom is 0.119 e. The van der Waals surface area contributed by atoms with Crippen LogP contribution in [0, 0.1) is 12.3 Å². The molecule has 0 aliphatic heterocycles. The number of ether oxygens (including phenoxy) is 1. The van der Waals surface area contributed by atoms with E-state index in [2.05, 4.69) is 10.9 Å². The second kappa shape index (κ2) is 4.12. The lowest BCUT2D eigenvalue weighted by atomic mass is 10.4. The largest absolute Gasteiger partial charge is 0.378 e. The quantitative estimate of drug-likeness (QED) is 0.636. The van der Waals surface area contributed by atoms with Crippen LogP contribution in [-0.4, -0.2) is 12.1 Å². The summed E-state index contributed by atoms with van der Waals surface area (Å²) in [6.45, 7) is 0.579. The van der Waals surface area contributed by atoms with Crippen molar-refractivity contribution in [3.63, 3.8) is 0 Å². The number of hydrogen-bond donors (Lipinski definition) is 0. The van der Waals surface area contributed by atoms with Gasteiger partial charge in [-0.1, -0.05) is 0 Å². The molecule has 2 nitrogen and oxygen atoms in total. The lowest BCUT2D eigenvalue weighted by molar-refractivity contribution is 0.184. The molecule has 1 rings (SSSR count). The van der Waals surface area contributed by atoms with Crippen molar-refractivity contribution >= 4 is 11.3 Å². The van der Waals surface area contributed by atoms with Crippen molar-refractivity contribution in [2.45, 2.75) is 13.0 Å². The second-order valence-corrected chi connectivity index (χ2v) is 2.99. The number of methoxy groups -OCH3 is 1. The average molecular weight is 167 g/mol. The van der Waals surface area contributed by atoms with Crippen molar-refractivity contribution in [3.05, 3.63) is 16.1 Å². The molecule has 0 radical (unpaired) electrons. The first-order chi connectivity index (χ1) is 5.36. The summed E-state index contributed by atoms with van der Waals surface area (Å²) in [5.74, 6) is 2.54. The predicted molar refractivity (Wildman–Crippen MR) is 45.4 cm³/mol. The molecule has 11 heavy (non-hydrogen) atoms. The second-order valence-electron chi connectivity index (χ2n) is 2.05. The van der Waals surface area contributed by atoms with Gasteiger partial charge < -0.3 is 4.74 Å². The third kappa shape index (κ3) is 2.34. The smallest absolute Gasteiger partial charge is 0.119 e. The van der Waals surface area contributed by atoms with Crippen LogP contribution in [0.4, 0.5) is 0 Å². The van der Waals surface area contributed by atoms with Gasteiger partial charge in [-0.05, 0) is 0 Å². The molecule has 58 valence electrons. The highest BCUT2D eigenvalue weighted by Gasteiger charge is 1.98. The predicted octanol–water partition coefficient (Wildman–Crippen LogP) is 1.47. The van der Waals surface area contributed by atoms with Crippen LogP contribution in [0.1, 0.15) is 10.7 Å². The van der Waals surface area contributed by atoms with Crippen molar-refractivity contribution < 1.29 is 4.74 Å². The summed E-state index contributed by atoms with van der Waals surface area (Å²) in [5.41, 5.74) is 0.963. The van der Waals surface area contributed by atoms with Crippen LogP contribution in [0.5, 0.6) is 0 Å². The van der Waals surface area contributed by atoms with Gasteiger partial charge in [-0.2, -0.15) is 0 Å². The van der Waals surface area contributed by atoms with Gasteiger partial charge in [-0.25, -0.2) is 4.98 Å². The minimum absolute atomic E-state index is 0.579. The Kier molecular flexibility index (Phi) is 3.09. The molecule has 0 atom stereocenters. The lowest BCUT2D eigenvalue weighted by Gasteiger charge is -1.89. The molecule has 0 unspecified atom stereocenters. The molecule has 1 aromatic rings. The van der Waals surface area contributed by atoms with E-state index in [1.54, 1.807) is 18.4 Å². The average Bonchev–Trinajstić information content (AvgIpc) is 2.38. The molecule has 0 aliphatic carbocycles. The summed E-state index contributed by atoms with van der Waals surface area (Å²) in [5, 5.41) is 2.95. The van der Waals surface area contributed by atoms with Crippen molar-refractivity contribution in [2.24, 2.45) is 0 Å². The topological polar surface area (TPSA) is 22.1 Å². The van der Waals surface area contributed by atoms with Crippen LogP contribution >= 0.6 is 11.3 Å². The molecule has 0 saturated carbocycles. The van der Waals surface area contributed by atoms with E-state index in [0.29, 0.717) is 13.0 Å². The van der Waals surface area contributed by atoms with Gasteiger partial charge in [0, 0.05) is 12.5 Å². The van der Waals surface area contributed by atoms with E-state index in [0.717, 1.165) is 10.7 Å². The molecule has 0 N–H and O–H groups in total. The van der Waals surface area contributed by atoms with E-state index in [-0.39, 0.29) is 0 Å². The van der Waals surface area contributed by atoms with Crippen LogP contribution in [-0.2, 0) is 17.8 Å². The van der Waals surface area contributed by atoms with Crippen LogP contribution in [0.3, 0.4) is 0 Å². The molecule has 0 spiro atoms. The van der Waals surface area contributed by atoms with Gasteiger partial charge in [-0.3, -0.25) is 0 Å². The highest BCUT2D eigenvalue weighted by atomic mass is 32.1. The minimum atomic E-state index is 0.579. The molecule has 3 heteroatoms. The number of hydrogen-bond acceptors (Lipinski definition) is 3. The van der Waals surface area contributed by atoms with Gasteiger partial charge in [0.05, 0.1) is 18.7 Å². The van der Waals surface area contributed by atoms with Gasteiger partial charge >= 0.3 is 0 Å². The van der Waals surface area contributed by atoms with Crippen molar-refractivity contribution in [1.82, 2.24) is 4.98 Å². The zero-order valence-electron chi connectivity index (χ0n) is 6.33. The minimum Gasteiger partial charge on any atom is -0.378 e. The first kappa shape index (κ1) is 8.25. The monoisotopic (exact) mass is 167 g/mol. The fourth-order valence-corrected chi connectivity index (χ4v) is 1.49. The van der Waals surface area contributed by atoms with Gasteiger partial charge in [-0.15, -0.1) is 23.7 Å². The lowest BCUT2D eigenvalue weighted by Crippen LogP contribution is -1.87. The zero-order valence-corrected chi connectivity index (χ0v) is 7.15. The van der Waals surface area contributed by atoms with Gasteiger partial charge in [0.25, 0.3) is 0 Å². The summed E-state index contributed by atoms with van der Waals surface area (Å²) in [6.07, 6.45) is 5.74. The van der Waals surface area contributed by atoms with Crippen molar-refractivity contribution in [3.8, 4) is 12.3 Å². The normalized spacial score (nSPS) is 9.45. The molecule has 0 fully saturated rings. The van der Waals surface area contributed by atoms with Gasteiger partial charge in [0.1, 0.15) is 5.01 Å². The molecule has 1 aromatic heterocycles. The van der Waals surface area contributed by atoms with Crippen LogP contribution in [0.25, 0.3) is 0 Å². The number of rotatable bonds is 3. The van der Waals surface area contributed by atoms with Crippen LogP contribution in [0.2, 0.25) is 0 Å². The molecule has 0 aromatic carbocycles. The molecule has 0 amide bonds. The Hall–Kier alpha value is -0.850. The Morgan fingerprint density at radius 2 is 2.64 bits per heavy atom. The van der Waals surface area contributed by atoms with E-state index in [4.69, 9.17) is 11.2 Å². The standard InChI is InChI=1S/C8H9NOS/c1-3-4-7-6-11-8(9-7)5-10-2/h1,6H,4-5H2,2H3. The first-order valence-corrected chi connectivity index (χ1v) is 4.10. The van der Waals surface area contributed by atoms with Crippen LogP contribution < -0.4 is 0 Å². The van der Waals surface area contributed by atoms with E-state index >= 15 is 0 Å². The van der Waals surface area contributed by atoms with E-state index in [9.17, 15) is 0 Å². The first-order valence-electron chi connectivity index (χ1n) is 3.22. The summed E-state index contributed by atoms with van der Waals surface area (Å²) >= 11 is 1.58. The zero-order chi connectivity index (χ0) is 8.10. The Morgan fingerprint density at radius 3 is 3.27 bits per heavy atom. The van der Waals surface area contributed by atoms with E-state index in [1.807, 2.05) is 5.38 Å². The van der Waals surface area contributed by atoms with Crippen molar-refractivity contribution in [1.29, 1.82) is 0 Å². The Balaban J connectivity index is 2.60. The van der Waals surface area contributed by atoms with Gasteiger partial charge in [0.15, 0.2) is 0 Å². The Morgan fingerprint density at radius 1 is 1.82 bits per heavy atom. The summed E-state index contributed by atoms with van der Waals surface area (Å²) in [4.78, 5) is 4.24. The fourth-order valence-electron chi connectivity index (χ4n) is 0.724. The fraction of sp³-hybridized carbons (Fsp3) is 0.375. The third-order valence-corrected chi connectivity index (χ3v) is 2.02. The highest BCUT2D eigenvalue weighted by Crippen LogP contribution is 2.10. The maximum atomic E-state index is 5.13. The maximum absolute atomic E-state index is 5.13. The van der Waals surface area contributed by atoms with Crippen LogP contribution in [0.15, 0.2) is 5.38 Å². The number of terminal acetylenes is 1. The molecular formula is C8H9NOS. The molecule has 0 bridgehead atoms. The number of thiazole rings is 1. The van der Waals surface area contributed by atoms with Gasteiger partial charge in [0.2, 0.25) is 0 Å². The summed E-state index contributed by atoms with van der Waals surface area (Å²) in [7, 11) is 1.66. The highest BCUT2D eigenvalue weighted by molar-refractivity contribution is 7.09. The number of nitrogens with zero attached hydrogens (tertiary/aromatic N) is 1. The Labute approximate surface area is 70.2 Å². The SMILES string of the molecule is C#CCc1csc(COC)n1. The molecule has 0 aliphatic rings. The molecule has 0 saturated heterocycles. The summed E-state index contributed by atoms with van der Waals surface area (Å²) < 4.78 is 4.92. The number of aromatic nitrogens is 1. The van der Waals surface area contributed by atoms with E-state index in [1.165, 1.54) is 0 Å². The summed E-state index contributed by atoms with van der Waals surface area (Å²) in [6, 6.07) is 0. The Bertz CT molecular complexity index is 261. The molecular weight excluding hydrogens is 158 g/mol. The molecule has 1 heterocycles. The van der Waals surface area contributed by atoms with Crippen molar-refractivity contribution in [2.75, 3.05) is 7.11 Å². The third-order valence-electron chi connectivity index (χ3n) is 1.15. The van der Waals surface area contributed by atoms with E-state index < -0.39 is 0 Å².